The van der Waals surface area contributed by atoms with Gasteiger partial charge in [0.2, 0.25) is 0 Å². The van der Waals surface area contributed by atoms with Crippen LogP contribution in [0.15, 0.2) is 0 Å². The lowest BCUT2D eigenvalue weighted by Crippen LogP contribution is -1.98. The Morgan fingerprint density at radius 3 is 1.89 bits per heavy atom. The van der Waals surface area contributed by atoms with E-state index in [1.807, 2.05) is 0 Å². The van der Waals surface area contributed by atoms with Crippen LogP contribution in [0, 0.1) is 0 Å². The zero-order chi connectivity index (χ0) is 6.91. The molecule has 0 atom stereocenters. The van der Waals surface area contributed by atoms with Gasteiger partial charge in [0.15, 0.2) is 0 Å². The van der Waals surface area contributed by atoms with Crippen molar-refractivity contribution in [2.45, 2.75) is 32.3 Å². The molecule has 2 heteroatoms. The number of hydrogen-bond acceptors (Lipinski definition) is 1. The predicted molar refractivity (Wildman–Crippen MR) is 41.7 cm³/mol. The summed E-state index contributed by atoms with van der Waals surface area (Å²) in [5.74, 6) is 0. The molecule has 0 aromatic carbocycles. The average Bonchev–Trinajstić information content (AvgIpc) is 2.16. The van der Waals surface area contributed by atoms with Crippen LogP contribution >= 0.6 is 7.14 Å². The van der Waals surface area contributed by atoms with Gasteiger partial charge in [0.05, 0.1) is 7.14 Å². The SMILES string of the molecule is CC(C)P1(=O)CCCC1. The highest BCUT2D eigenvalue weighted by molar-refractivity contribution is 7.64. The molecule has 54 valence electrons. The molecule has 1 fully saturated rings. The normalized spacial score (nSPS) is 25.2. The molecule has 1 saturated heterocycles. The van der Waals surface area contributed by atoms with Crippen molar-refractivity contribution < 1.29 is 4.57 Å². The summed E-state index contributed by atoms with van der Waals surface area (Å²) in [7, 11) is -1.64. The maximum atomic E-state index is 11.7. The van der Waals surface area contributed by atoms with Gasteiger partial charge in [-0.15, -0.1) is 0 Å². The van der Waals surface area contributed by atoms with Crippen LogP contribution in [0.4, 0.5) is 0 Å². The van der Waals surface area contributed by atoms with Crippen molar-refractivity contribution in [1.29, 1.82) is 0 Å². The second kappa shape index (κ2) is 2.46. The van der Waals surface area contributed by atoms with Crippen LogP contribution in [0.3, 0.4) is 0 Å². The minimum absolute atomic E-state index is 0.444. The Hall–Kier alpha value is 0.230. The van der Waals surface area contributed by atoms with Crippen molar-refractivity contribution in [3.8, 4) is 0 Å². The fourth-order valence-corrected chi connectivity index (χ4v) is 4.16. The molecule has 0 aliphatic carbocycles. The van der Waals surface area contributed by atoms with Crippen LogP contribution in [0.5, 0.6) is 0 Å². The van der Waals surface area contributed by atoms with E-state index >= 15 is 0 Å². The molecule has 0 amide bonds. The number of hydrogen-bond donors (Lipinski definition) is 0. The van der Waals surface area contributed by atoms with Gasteiger partial charge in [0.25, 0.3) is 0 Å². The van der Waals surface area contributed by atoms with Gasteiger partial charge < -0.3 is 4.57 Å². The lowest BCUT2D eigenvalue weighted by molar-refractivity contribution is 0.572. The van der Waals surface area contributed by atoms with Crippen molar-refractivity contribution >= 4 is 7.14 Å². The van der Waals surface area contributed by atoms with E-state index < -0.39 is 7.14 Å². The molecule has 1 aliphatic heterocycles. The molecule has 0 saturated carbocycles. The van der Waals surface area contributed by atoms with Crippen molar-refractivity contribution in [2.24, 2.45) is 0 Å². The Labute approximate surface area is 57.2 Å². The maximum absolute atomic E-state index is 11.7. The van der Waals surface area contributed by atoms with Gasteiger partial charge in [0, 0.05) is 18.0 Å². The van der Waals surface area contributed by atoms with Crippen molar-refractivity contribution in [3.05, 3.63) is 0 Å². The third-order valence-electron chi connectivity index (χ3n) is 2.26. The van der Waals surface area contributed by atoms with Crippen molar-refractivity contribution in [1.82, 2.24) is 0 Å². The van der Waals surface area contributed by atoms with E-state index in [1.165, 1.54) is 12.8 Å². The van der Waals surface area contributed by atoms with E-state index in [4.69, 9.17) is 0 Å². The molecule has 0 N–H and O–H groups in total. The molecule has 0 radical (unpaired) electrons. The van der Waals surface area contributed by atoms with Gasteiger partial charge in [-0.25, -0.2) is 0 Å². The van der Waals surface area contributed by atoms with Crippen molar-refractivity contribution in [2.75, 3.05) is 12.3 Å². The maximum Gasteiger partial charge on any atom is 0.0901 e. The lowest BCUT2D eigenvalue weighted by atomic mass is 10.4. The fourth-order valence-electron chi connectivity index (χ4n) is 1.39. The van der Waals surface area contributed by atoms with E-state index in [1.54, 1.807) is 0 Å². The second-order valence-electron chi connectivity index (χ2n) is 3.20. The Balaban J connectivity index is 2.62. The molecular weight excluding hydrogens is 131 g/mol. The zero-order valence-electron chi connectivity index (χ0n) is 6.26. The Morgan fingerprint density at radius 1 is 1.22 bits per heavy atom. The minimum atomic E-state index is -1.64. The first-order valence-corrected chi connectivity index (χ1v) is 5.87. The van der Waals surface area contributed by atoms with E-state index in [2.05, 4.69) is 13.8 Å². The topological polar surface area (TPSA) is 17.1 Å². The van der Waals surface area contributed by atoms with Gasteiger partial charge >= 0.3 is 0 Å². The van der Waals surface area contributed by atoms with Crippen LogP contribution in [-0.4, -0.2) is 18.0 Å². The van der Waals surface area contributed by atoms with Crippen LogP contribution in [0.2, 0.25) is 0 Å². The predicted octanol–water partition coefficient (Wildman–Crippen LogP) is 2.55. The van der Waals surface area contributed by atoms with Gasteiger partial charge in [-0.3, -0.25) is 0 Å². The Bertz CT molecular complexity index is 130. The summed E-state index contributed by atoms with van der Waals surface area (Å²) in [4.78, 5) is 0. The average molecular weight is 146 g/mol. The molecular formula is C7H15OP. The molecule has 0 aromatic rings. The summed E-state index contributed by atoms with van der Waals surface area (Å²) in [5, 5.41) is 0. The summed E-state index contributed by atoms with van der Waals surface area (Å²) in [6.45, 7) is 4.18. The molecule has 0 unspecified atom stereocenters. The van der Waals surface area contributed by atoms with Crippen LogP contribution in [0.1, 0.15) is 26.7 Å². The summed E-state index contributed by atoms with van der Waals surface area (Å²) in [6, 6.07) is 0. The summed E-state index contributed by atoms with van der Waals surface area (Å²) in [5.41, 5.74) is 0.444. The van der Waals surface area contributed by atoms with Gasteiger partial charge in [0.1, 0.15) is 0 Å². The van der Waals surface area contributed by atoms with Gasteiger partial charge in [-0.05, 0) is 12.8 Å². The van der Waals surface area contributed by atoms with Crippen LogP contribution in [-0.2, 0) is 4.57 Å². The molecule has 1 rings (SSSR count). The van der Waals surface area contributed by atoms with E-state index in [9.17, 15) is 4.57 Å². The standard InChI is InChI=1S/C7H15OP/c1-7(2)9(8)5-3-4-6-9/h7H,3-6H2,1-2H3. The first-order valence-electron chi connectivity index (χ1n) is 3.73. The highest BCUT2D eigenvalue weighted by Crippen LogP contribution is 2.55. The molecule has 0 bridgehead atoms. The smallest absolute Gasteiger partial charge is 0.0901 e. The summed E-state index contributed by atoms with van der Waals surface area (Å²) >= 11 is 0. The quantitative estimate of drug-likeness (QED) is 0.519. The fraction of sp³-hybridized carbons (Fsp3) is 1.00. The van der Waals surface area contributed by atoms with E-state index in [0.717, 1.165) is 12.3 Å². The van der Waals surface area contributed by atoms with Gasteiger partial charge in [-0.1, -0.05) is 13.8 Å². The Morgan fingerprint density at radius 2 is 1.67 bits per heavy atom. The van der Waals surface area contributed by atoms with Crippen LogP contribution < -0.4 is 0 Å². The molecule has 0 spiro atoms. The van der Waals surface area contributed by atoms with Crippen LogP contribution in [0.25, 0.3) is 0 Å². The zero-order valence-corrected chi connectivity index (χ0v) is 7.16. The third-order valence-corrected chi connectivity index (χ3v) is 6.29. The highest BCUT2D eigenvalue weighted by atomic mass is 31.2. The highest BCUT2D eigenvalue weighted by Gasteiger charge is 2.29. The molecule has 9 heavy (non-hydrogen) atoms. The second-order valence-corrected chi connectivity index (χ2v) is 7.03. The first-order chi connectivity index (χ1) is 4.15. The van der Waals surface area contributed by atoms with E-state index in [-0.39, 0.29) is 0 Å². The summed E-state index contributed by atoms with van der Waals surface area (Å²) in [6.07, 6.45) is 4.44. The monoisotopic (exact) mass is 146 g/mol. The summed E-state index contributed by atoms with van der Waals surface area (Å²) < 4.78 is 11.7. The van der Waals surface area contributed by atoms with Gasteiger partial charge in [-0.2, -0.15) is 0 Å². The first kappa shape index (κ1) is 7.34. The molecule has 1 nitrogen and oxygen atoms in total. The Kier molecular flexibility index (Phi) is 2.00. The largest absolute Gasteiger partial charge is 0.323 e. The third kappa shape index (κ3) is 1.38. The number of rotatable bonds is 1. The minimum Gasteiger partial charge on any atom is -0.323 e. The molecule has 1 heterocycles. The molecule has 1 aliphatic rings. The van der Waals surface area contributed by atoms with E-state index in [0.29, 0.717) is 5.66 Å². The lowest BCUT2D eigenvalue weighted by Gasteiger charge is -2.13. The molecule has 0 aromatic heterocycles. The van der Waals surface area contributed by atoms with Crippen molar-refractivity contribution in [3.63, 3.8) is 0 Å².